The molecule has 3 fully saturated rings. The number of piperidine rings is 1. The van der Waals surface area contributed by atoms with Gasteiger partial charge in [-0.25, -0.2) is 4.79 Å². The van der Waals surface area contributed by atoms with Crippen LogP contribution in [0.2, 0.25) is 0 Å². The minimum absolute atomic E-state index is 0.0307. The van der Waals surface area contributed by atoms with Crippen molar-refractivity contribution in [2.45, 2.75) is 143 Å². The first-order valence-corrected chi connectivity index (χ1v) is 18.3. The molecule has 0 radical (unpaired) electrons. The van der Waals surface area contributed by atoms with E-state index in [-0.39, 0.29) is 67.2 Å². The van der Waals surface area contributed by atoms with Crippen molar-refractivity contribution in [2.75, 3.05) is 13.1 Å². The van der Waals surface area contributed by atoms with Gasteiger partial charge in [0.1, 0.15) is 12.1 Å². The van der Waals surface area contributed by atoms with E-state index in [9.17, 15) is 33.6 Å². The molecule has 0 spiro atoms. The molecule has 3 rings (SSSR count). The van der Waals surface area contributed by atoms with E-state index in [0.717, 1.165) is 38.5 Å². The van der Waals surface area contributed by atoms with Crippen molar-refractivity contribution in [3.05, 3.63) is 0 Å². The zero-order valence-electron chi connectivity index (χ0n) is 30.6. The predicted octanol–water partition coefficient (Wildman–Crippen LogP) is 3.04. The second kappa shape index (κ2) is 17.4. The number of amides is 7. The maximum absolute atomic E-state index is 14.6. The van der Waals surface area contributed by atoms with Crippen molar-refractivity contribution in [1.29, 1.82) is 0 Å². The minimum atomic E-state index is -1.12. The Labute approximate surface area is 291 Å². The zero-order valence-corrected chi connectivity index (χ0v) is 30.6. The lowest BCUT2D eigenvalue weighted by atomic mass is 9.82. The molecule has 1 saturated carbocycles. The second-order valence-electron chi connectivity index (χ2n) is 15.9. The summed E-state index contributed by atoms with van der Waals surface area (Å²) in [4.78, 5) is 94.9. The average molecular weight is 689 g/mol. The van der Waals surface area contributed by atoms with Crippen LogP contribution in [0.15, 0.2) is 0 Å². The minimum Gasteiger partial charge on any atom is -0.363 e. The molecule has 1 aliphatic carbocycles. The van der Waals surface area contributed by atoms with Crippen molar-refractivity contribution < 1.29 is 33.6 Å². The molecule has 3 aliphatic rings. The summed E-state index contributed by atoms with van der Waals surface area (Å²) in [5, 5.41) is 8.71. The van der Waals surface area contributed by atoms with Crippen LogP contribution in [0.4, 0.5) is 4.79 Å². The summed E-state index contributed by atoms with van der Waals surface area (Å²) in [6, 6.07) is -4.08. The van der Waals surface area contributed by atoms with Gasteiger partial charge >= 0.3 is 6.03 Å². The standard InChI is InChI=1S/C36H60N6O7/c1-8-22(4)19-25(31(45)32(37)46)38-33(47)30-24(21(2)3)17-18-41(30)34(48)29(23-13-10-9-11-14-23)40-35(49)39-26(36(5,6)7)20-42-27(43)15-12-16-28(42)44/h21-26,29-30H,8-20H2,1-7H3,(H2,37,46)(H,38,47)(H2,39,40,49)/t22?,24-,25?,26-,29+,30+/m1/s1. The van der Waals surface area contributed by atoms with Crippen molar-refractivity contribution in [3.8, 4) is 0 Å². The molecule has 13 nitrogen and oxygen atoms in total. The number of hydrogen-bond donors (Lipinski definition) is 4. The van der Waals surface area contributed by atoms with Crippen LogP contribution in [-0.4, -0.2) is 88.4 Å². The number of imide groups is 1. The van der Waals surface area contributed by atoms with E-state index in [1.54, 1.807) is 4.90 Å². The van der Waals surface area contributed by atoms with Gasteiger partial charge in [-0.3, -0.25) is 33.7 Å². The molecule has 6 atom stereocenters. The van der Waals surface area contributed by atoms with E-state index in [4.69, 9.17) is 5.73 Å². The fourth-order valence-electron chi connectivity index (χ4n) is 7.42. The van der Waals surface area contributed by atoms with Gasteiger partial charge in [0.25, 0.3) is 5.91 Å². The van der Waals surface area contributed by atoms with Crippen LogP contribution in [0, 0.1) is 29.1 Å². The summed E-state index contributed by atoms with van der Waals surface area (Å²) in [6.07, 6.45) is 6.94. The summed E-state index contributed by atoms with van der Waals surface area (Å²) >= 11 is 0. The molecule has 49 heavy (non-hydrogen) atoms. The van der Waals surface area contributed by atoms with E-state index < -0.39 is 53.2 Å². The molecule has 0 aromatic rings. The molecule has 0 bridgehead atoms. The number of nitrogens with two attached hydrogens (primary N) is 1. The monoisotopic (exact) mass is 688 g/mol. The first-order chi connectivity index (χ1) is 23.0. The number of hydrogen-bond acceptors (Lipinski definition) is 7. The van der Waals surface area contributed by atoms with E-state index in [0.29, 0.717) is 19.4 Å². The molecule has 7 amide bonds. The zero-order chi connectivity index (χ0) is 36.6. The predicted molar refractivity (Wildman–Crippen MR) is 184 cm³/mol. The third-order valence-electron chi connectivity index (χ3n) is 10.8. The van der Waals surface area contributed by atoms with Crippen LogP contribution < -0.4 is 21.7 Å². The number of Topliss-reactive ketones (excluding diaryl/α,β-unsaturated/α-hetero) is 1. The van der Waals surface area contributed by atoms with Gasteiger partial charge in [0.2, 0.25) is 29.4 Å². The van der Waals surface area contributed by atoms with Gasteiger partial charge < -0.3 is 26.6 Å². The summed E-state index contributed by atoms with van der Waals surface area (Å²) < 4.78 is 0. The largest absolute Gasteiger partial charge is 0.363 e. The maximum Gasteiger partial charge on any atom is 0.315 e. The molecule has 2 saturated heterocycles. The molecule has 2 heterocycles. The highest BCUT2D eigenvalue weighted by Gasteiger charge is 2.47. The SMILES string of the molecule is CCC(C)CC(NC(=O)[C@@H]1[C@@H](C(C)C)CCN1C(=O)[C@@H](NC(=O)N[C@H](CN1C(=O)CCCC1=O)C(C)(C)C)C1CCCCC1)C(=O)C(N)=O. The molecule has 276 valence electrons. The van der Waals surface area contributed by atoms with Crippen molar-refractivity contribution >= 4 is 41.4 Å². The van der Waals surface area contributed by atoms with Crippen LogP contribution >= 0.6 is 0 Å². The van der Waals surface area contributed by atoms with Crippen molar-refractivity contribution in [3.63, 3.8) is 0 Å². The van der Waals surface area contributed by atoms with Gasteiger partial charge in [-0.05, 0) is 61.2 Å². The van der Waals surface area contributed by atoms with Crippen molar-refractivity contribution in [2.24, 2.45) is 34.8 Å². The second-order valence-corrected chi connectivity index (χ2v) is 15.9. The number of likely N-dealkylation sites (tertiary alicyclic amines) is 2. The average Bonchev–Trinajstić information content (AvgIpc) is 3.49. The number of urea groups is 1. The number of ketones is 1. The topological polar surface area (TPSA) is 188 Å². The summed E-state index contributed by atoms with van der Waals surface area (Å²) in [5.41, 5.74) is 4.83. The highest BCUT2D eigenvalue weighted by molar-refractivity contribution is 6.37. The number of nitrogens with one attached hydrogen (secondary N) is 3. The van der Waals surface area contributed by atoms with Gasteiger partial charge in [0.15, 0.2) is 0 Å². The van der Waals surface area contributed by atoms with Crippen LogP contribution in [0.1, 0.15) is 119 Å². The van der Waals surface area contributed by atoms with Crippen LogP contribution in [0.5, 0.6) is 0 Å². The Kier molecular flexibility index (Phi) is 14.2. The maximum atomic E-state index is 14.6. The Bertz CT molecular complexity index is 1220. The first-order valence-electron chi connectivity index (χ1n) is 18.3. The molecule has 0 aromatic carbocycles. The fraction of sp³-hybridized carbons (Fsp3) is 0.806. The highest BCUT2D eigenvalue weighted by atomic mass is 16.2. The fourth-order valence-corrected chi connectivity index (χ4v) is 7.42. The molecular weight excluding hydrogens is 628 g/mol. The molecule has 2 aliphatic heterocycles. The summed E-state index contributed by atoms with van der Waals surface area (Å²) in [5.74, 6) is -3.67. The Morgan fingerprint density at radius 3 is 2.02 bits per heavy atom. The van der Waals surface area contributed by atoms with E-state index >= 15 is 0 Å². The molecular formula is C36H60N6O7. The number of nitrogens with zero attached hydrogens (tertiary/aromatic N) is 2. The third kappa shape index (κ3) is 10.5. The van der Waals surface area contributed by atoms with E-state index in [2.05, 4.69) is 16.0 Å². The van der Waals surface area contributed by atoms with E-state index in [1.165, 1.54) is 4.90 Å². The highest BCUT2D eigenvalue weighted by Crippen LogP contribution is 2.34. The number of rotatable bonds is 14. The van der Waals surface area contributed by atoms with Gasteiger partial charge in [-0.15, -0.1) is 0 Å². The van der Waals surface area contributed by atoms with Gasteiger partial charge in [-0.2, -0.15) is 0 Å². The van der Waals surface area contributed by atoms with Gasteiger partial charge in [0, 0.05) is 25.9 Å². The van der Waals surface area contributed by atoms with Gasteiger partial charge in [-0.1, -0.05) is 74.1 Å². The smallest absolute Gasteiger partial charge is 0.315 e. The van der Waals surface area contributed by atoms with Crippen molar-refractivity contribution in [1.82, 2.24) is 25.8 Å². The van der Waals surface area contributed by atoms with Gasteiger partial charge in [0.05, 0.1) is 12.1 Å². The quantitative estimate of drug-likeness (QED) is 0.159. The third-order valence-corrected chi connectivity index (χ3v) is 10.8. The Morgan fingerprint density at radius 2 is 1.49 bits per heavy atom. The molecule has 0 aromatic heterocycles. The van der Waals surface area contributed by atoms with Crippen LogP contribution in [-0.2, 0) is 28.8 Å². The van der Waals surface area contributed by atoms with Crippen LogP contribution in [0.25, 0.3) is 0 Å². The number of carbonyl (C=O) groups excluding carboxylic acids is 7. The molecule has 13 heteroatoms. The Balaban J connectivity index is 1.88. The number of carbonyl (C=O) groups is 7. The normalized spacial score (nSPS) is 23.1. The summed E-state index contributed by atoms with van der Waals surface area (Å²) in [6.45, 7) is 13.9. The Morgan fingerprint density at radius 1 is 0.878 bits per heavy atom. The lowest BCUT2D eigenvalue weighted by molar-refractivity contribution is -0.148. The summed E-state index contributed by atoms with van der Waals surface area (Å²) in [7, 11) is 0. The lowest BCUT2D eigenvalue weighted by Crippen LogP contribution is -2.62. The Hall–Kier alpha value is -3.51. The molecule has 5 N–H and O–H groups in total. The number of primary amides is 1. The van der Waals surface area contributed by atoms with E-state index in [1.807, 2.05) is 48.5 Å². The van der Waals surface area contributed by atoms with Crippen LogP contribution in [0.3, 0.4) is 0 Å². The lowest BCUT2D eigenvalue weighted by Gasteiger charge is -2.38. The molecule has 2 unspecified atom stereocenters. The first kappa shape index (κ1) is 39.9.